The second-order valence-corrected chi connectivity index (χ2v) is 4.40. The molecule has 0 amide bonds. The fourth-order valence-electron chi connectivity index (χ4n) is 1.50. The second kappa shape index (κ2) is 15.3. The molecule has 4 nitrogen and oxygen atoms in total. The van der Waals surface area contributed by atoms with Crippen LogP contribution in [-0.2, 0) is 14.3 Å². The number of rotatable bonds is 13. The van der Waals surface area contributed by atoms with Gasteiger partial charge in [0.25, 0.3) is 0 Å². The highest BCUT2D eigenvalue weighted by Crippen LogP contribution is 2.07. The number of hydrogen-bond acceptors (Lipinski definition) is 3. The molecule has 4 heteroatoms. The second-order valence-electron chi connectivity index (χ2n) is 4.40. The van der Waals surface area contributed by atoms with Crippen molar-refractivity contribution in [2.24, 2.45) is 0 Å². The van der Waals surface area contributed by atoms with Crippen LogP contribution in [-0.4, -0.2) is 11.1 Å². The molecular weight excluding hydrogens is 256 g/mol. The highest BCUT2D eigenvalue weighted by Gasteiger charge is 1.95. The van der Waals surface area contributed by atoms with Gasteiger partial charge in [0.05, 0.1) is 12.5 Å². The van der Waals surface area contributed by atoms with Crippen LogP contribution < -0.4 is 0 Å². The van der Waals surface area contributed by atoms with E-state index in [2.05, 4.69) is 0 Å². The zero-order valence-corrected chi connectivity index (χ0v) is 12.3. The Labute approximate surface area is 121 Å². The van der Waals surface area contributed by atoms with E-state index in [0.717, 1.165) is 44.9 Å². The Morgan fingerprint density at radius 3 is 2.15 bits per heavy atom. The van der Waals surface area contributed by atoms with Crippen LogP contribution >= 0.6 is 0 Å². The van der Waals surface area contributed by atoms with Crippen molar-refractivity contribution in [3.8, 4) is 0 Å². The van der Waals surface area contributed by atoms with E-state index >= 15 is 0 Å². The summed E-state index contributed by atoms with van der Waals surface area (Å²) in [6.45, 7) is 2.04. The highest BCUT2D eigenvalue weighted by molar-refractivity contribution is 5.66. The molecule has 0 spiro atoms. The molecule has 1 N–H and O–H groups in total. The Morgan fingerprint density at radius 1 is 0.900 bits per heavy atom. The van der Waals surface area contributed by atoms with Crippen LogP contribution in [0.2, 0.25) is 0 Å². The number of unbranched alkanes of at least 4 members (excludes halogenated alkanes) is 5. The SMILES string of the molecule is CCC=COC=COC=CCCCCCCCC(=O)O. The smallest absolute Gasteiger partial charge is 0.303 e. The molecular formula is C16H26O4. The third kappa shape index (κ3) is 16.3. The van der Waals surface area contributed by atoms with E-state index in [0.29, 0.717) is 0 Å². The van der Waals surface area contributed by atoms with E-state index < -0.39 is 5.97 Å². The number of carbonyl (C=O) groups is 1. The number of allylic oxidation sites excluding steroid dienone is 2. The van der Waals surface area contributed by atoms with Gasteiger partial charge in [0.15, 0.2) is 0 Å². The Kier molecular flexibility index (Phi) is 14.0. The van der Waals surface area contributed by atoms with Crippen molar-refractivity contribution in [2.45, 2.75) is 58.3 Å². The van der Waals surface area contributed by atoms with E-state index in [4.69, 9.17) is 14.6 Å². The molecule has 0 saturated heterocycles. The van der Waals surface area contributed by atoms with Gasteiger partial charge in [0, 0.05) is 6.42 Å². The van der Waals surface area contributed by atoms with Crippen LogP contribution in [0.15, 0.2) is 37.2 Å². The normalized spacial score (nSPS) is 11.7. The number of hydrogen-bond donors (Lipinski definition) is 1. The Morgan fingerprint density at radius 2 is 1.50 bits per heavy atom. The van der Waals surface area contributed by atoms with Gasteiger partial charge >= 0.3 is 5.97 Å². The molecule has 0 aromatic carbocycles. The Balaban J connectivity index is 3.23. The van der Waals surface area contributed by atoms with Gasteiger partial charge in [-0.2, -0.15) is 0 Å². The molecule has 0 aliphatic heterocycles. The molecule has 0 aliphatic rings. The van der Waals surface area contributed by atoms with Crippen molar-refractivity contribution in [1.29, 1.82) is 0 Å². The van der Waals surface area contributed by atoms with Gasteiger partial charge < -0.3 is 14.6 Å². The van der Waals surface area contributed by atoms with Crippen LogP contribution in [0.1, 0.15) is 58.3 Å². The third-order valence-corrected chi connectivity index (χ3v) is 2.56. The first-order chi connectivity index (χ1) is 9.77. The van der Waals surface area contributed by atoms with Crippen molar-refractivity contribution in [2.75, 3.05) is 0 Å². The molecule has 0 saturated carbocycles. The predicted octanol–water partition coefficient (Wildman–Crippen LogP) is 4.74. The van der Waals surface area contributed by atoms with Gasteiger partial charge in [-0.3, -0.25) is 4.79 Å². The summed E-state index contributed by atoms with van der Waals surface area (Å²) in [6.07, 6.45) is 17.5. The van der Waals surface area contributed by atoms with Crippen molar-refractivity contribution in [3.05, 3.63) is 37.2 Å². The van der Waals surface area contributed by atoms with Crippen LogP contribution in [0.5, 0.6) is 0 Å². The Bertz CT molecular complexity index is 306. The minimum atomic E-state index is -0.702. The van der Waals surface area contributed by atoms with Gasteiger partial charge in [-0.1, -0.05) is 26.2 Å². The van der Waals surface area contributed by atoms with E-state index in [1.54, 1.807) is 12.5 Å². The van der Waals surface area contributed by atoms with Crippen LogP contribution in [0.25, 0.3) is 0 Å². The lowest BCUT2D eigenvalue weighted by Gasteiger charge is -1.98. The summed E-state index contributed by atoms with van der Waals surface area (Å²) in [5.74, 6) is -0.702. The quantitative estimate of drug-likeness (QED) is 0.391. The van der Waals surface area contributed by atoms with Gasteiger partial charge in [-0.15, -0.1) is 0 Å². The lowest BCUT2D eigenvalue weighted by atomic mass is 10.1. The molecule has 0 aromatic rings. The zero-order chi connectivity index (χ0) is 14.9. The molecule has 0 aromatic heterocycles. The summed E-state index contributed by atoms with van der Waals surface area (Å²) in [5.41, 5.74) is 0. The maximum Gasteiger partial charge on any atom is 0.303 e. The number of aliphatic carboxylic acids is 1. The largest absolute Gasteiger partial charge is 0.481 e. The van der Waals surface area contributed by atoms with Crippen LogP contribution in [0.4, 0.5) is 0 Å². The fourth-order valence-corrected chi connectivity index (χ4v) is 1.50. The molecule has 0 fully saturated rings. The summed E-state index contributed by atoms with van der Waals surface area (Å²) in [5, 5.41) is 8.48. The molecule has 0 rings (SSSR count). The highest BCUT2D eigenvalue weighted by atomic mass is 16.5. The first-order valence-electron chi connectivity index (χ1n) is 7.25. The predicted molar refractivity (Wildman–Crippen MR) is 79.8 cm³/mol. The first-order valence-corrected chi connectivity index (χ1v) is 7.25. The van der Waals surface area contributed by atoms with Crippen molar-refractivity contribution < 1.29 is 19.4 Å². The van der Waals surface area contributed by atoms with Gasteiger partial charge in [-0.25, -0.2) is 0 Å². The van der Waals surface area contributed by atoms with E-state index in [9.17, 15) is 4.79 Å². The number of carboxylic acids is 1. The summed E-state index contributed by atoms with van der Waals surface area (Å²) < 4.78 is 10.1. The number of carboxylic acid groups (broad SMARTS) is 1. The summed E-state index contributed by atoms with van der Waals surface area (Å²) in [7, 11) is 0. The van der Waals surface area contributed by atoms with Crippen molar-refractivity contribution in [1.82, 2.24) is 0 Å². The van der Waals surface area contributed by atoms with Gasteiger partial charge in [-0.05, 0) is 37.8 Å². The van der Waals surface area contributed by atoms with Gasteiger partial charge in [0.2, 0.25) is 0 Å². The topological polar surface area (TPSA) is 55.8 Å². The first kappa shape index (κ1) is 18.3. The lowest BCUT2D eigenvalue weighted by molar-refractivity contribution is -0.137. The molecule has 0 heterocycles. The van der Waals surface area contributed by atoms with Crippen molar-refractivity contribution >= 4 is 5.97 Å². The molecule has 0 aliphatic carbocycles. The minimum Gasteiger partial charge on any atom is -0.481 e. The average molecular weight is 282 g/mol. The lowest BCUT2D eigenvalue weighted by Crippen LogP contribution is -1.93. The van der Waals surface area contributed by atoms with Crippen LogP contribution in [0.3, 0.4) is 0 Å². The molecule has 0 radical (unpaired) electrons. The molecule has 0 atom stereocenters. The van der Waals surface area contributed by atoms with E-state index in [1.165, 1.54) is 12.5 Å². The molecule has 0 bridgehead atoms. The average Bonchev–Trinajstić information content (AvgIpc) is 2.43. The maximum atomic E-state index is 10.3. The number of ether oxygens (including phenoxy) is 2. The van der Waals surface area contributed by atoms with Crippen molar-refractivity contribution in [3.63, 3.8) is 0 Å². The summed E-state index contributed by atoms with van der Waals surface area (Å²) in [4.78, 5) is 10.3. The third-order valence-electron chi connectivity index (χ3n) is 2.56. The molecule has 20 heavy (non-hydrogen) atoms. The molecule has 0 unspecified atom stereocenters. The Hall–Kier alpha value is -1.71. The fraction of sp³-hybridized carbons (Fsp3) is 0.562. The minimum absolute atomic E-state index is 0.287. The monoisotopic (exact) mass is 282 g/mol. The molecule has 114 valence electrons. The maximum absolute atomic E-state index is 10.3. The van der Waals surface area contributed by atoms with E-state index in [1.807, 2.05) is 19.1 Å². The van der Waals surface area contributed by atoms with Crippen LogP contribution in [0, 0.1) is 0 Å². The summed E-state index contributed by atoms with van der Waals surface area (Å²) >= 11 is 0. The van der Waals surface area contributed by atoms with E-state index in [-0.39, 0.29) is 6.42 Å². The zero-order valence-electron chi connectivity index (χ0n) is 12.3. The van der Waals surface area contributed by atoms with Gasteiger partial charge in [0.1, 0.15) is 12.5 Å². The summed E-state index contributed by atoms with van der Waals surface area (Å²) in [6, 6.07) is 0. The standard InChI is InChI=1S/C16H26O4/c1-2-3-12-19-14-15-20-13-10-8-6-4-5-7-9-11-16(17)18/h3,10,12-15H,2,4-9,11H2,1H3,(H,17,18).